The summed E-state index contributed by atoms with van der Waals surface area (Å²) in [6.07, 6.45) is 8.48. The number of hydrogen-bond acceptors (Lipinski definition) is 4. The van der Waals surface area contributed by atoms with Gasteiger partial charge in [0.25, 0.3) is 0 Å². The molecule has 0 saturated carbocycles. The summed E-state index contributed by atoms with van der Waals surface area (Å²) in [6, 6.07) is 5.56. The van der Waals surface area contributed by atoms with E-state index in [1.165, 1.54) is 6.08 Å². The van der Waals surface area contributed by atoms with E-state index in [2.05, 4.69) is 15.0 Å². The molecule has 3 aromatic rings. The average Bonchev–Trinajstić information content (AvgIpc) is 3.03. The zero-order valence-corrected chi connectivity index (χ0v) is 13.4. The van der Waals surface area contributed by atoms with Gasteiger partial charge in [0.1, 0.15) is 5.65 Å². The zero-order valence-electron chi connectivity index (χ0n) is 13.4. The largest absolute Gasteiger partial charge is 0.478 e. The fourth-order valence-corrected chi connectivity index (χ4v) is 2.36. The second kappa shape index (κ2) is 7.57. The van der Waals surface area contributed by atoms with Crippen LogP contribution in [0.25, 0.3) is 28.2 Å². The Morgan fingerprint density at radius 3 is 2.84 bits per heavy atom. The van der Waals surface area contributed by atoms with Crippen molar-refractivity contribution in [2.24, 2.45) is 5.73 Å². The SMILES string of the molecule is NC(=O)/C=C/c1c[nH]c2ncc(-c3ccc(OCCCF)nc3)cc12. The molecule has 128 valence electrons. The summed E-state index contributed by atoms with van der Waals surface area (Å²) in [4.78, 5) is 22.6. The van der Waals surface area contributed by atoms with Crippen LogP contribution in [0.2, 0.25) is 0 Å². The van der Waals surface area contributed by atoms with Crippen LogP contribution >= 0.6 is 0 Å². The van der Waals surface area contributed by atoms with Gasteiger partial charge in [0.15, 0.2) is 0 Å². The van der Waals surface area contributed by atoms with Crippen molar-refractivity contribution >= 4 is 23.0 Å². The van der Waals surface area contributed by atoms with Crippen LogP contribution < -0.4 is 10.5 Å². The molecule has 0 unspecified atom stereocenters. The fraction of sp³-hybridized carbons (Fsp3) is 0.167. The van der Waals surface area contributed by atoms with Crippen molar-refractivity contribution in [3.8, 4) is 17.0 Å². The summed E-state index contributed by atoms with van der Waals surface area (Å²) in [7, 11) is 0. The summed E-state index contributed by atoms with van der Waals surface area (Å²) in [5.41, 5.74) is 8.43. The number of nitrogens with two attached hydrogens (primary N) is 1. The highest BCUT2D eigenvalue weighted by atomic mass is 19.1. The Morgan fingerprint density at radius 1 is 1.28 bits per heavy atom. The Morgan fingerprint density at radius 2 is 2.12 bits per heavy atom. The molecule has 0 radical (unpaired) electrons. The number of primary amides is 1. The predicted molar refractivity (Wildman–Crippen MR) is 93.6 cm³/mol. The first-order valence-electron chi connectivity index (χ1n) is 7.77. The molecular weight excluding hydrogens is 323 g/mol. The number of halogens is 1. The summed E-state index contributed by atoms with van der Waals surface area (Å²) < 4.78 is 17.4. The molecule has 0 fully saturated rings. The van der Waals surface area contributed by atoms with Crippen molar-refractivity contribution in [1.82, 2.24) is 15.0 Å². The van der Waals surface area contributed by atoms with Gasteiger partial charge in [0.2, 0.25) is 11.8 Å². The number of carbonyl (C=O) groups is 1. The smallest absolute Gasteiger partial charge is 0.241 e. The topological polar surface area (TPSA) is 93.9 Å². The maximum Gasteiger partial charge on any atom is 0.241 e. The van der Waals surface area contributed by atoms with Crippen LogP contribution in [-0.2, 0) is 4.79 Å². The average molecular weight is 340 g/mol. The number of pyridine rings is 2. The van der Waals surface area contributed by atoms with Crippen LogP contribution in [0.15, 0.2) is 42.9 Å². The zero-order chi connectivity index (χ0) is 17.6. The molecule has 3 aromatic heterocycles. The first kappa shape index (κ1) is 16.6. The van der Waals surface area contributed by atoms with Gasteiger partial charge in [0, 0.05) is 59.2 Å². The highest BCUT2D eigenvalue weighted by Gasteiger charge is 2.07. The third-order valence-electron chi connectivity index (χ3n) is 3.59. The van der Waals surface area contributed by atoms with Gasteiger partial charge < -0.3 is 15.5 Å². The van der Waals surface area contributed by atoms with E-state index in [1.54, 1.807) is 30.7 Å². The lowest BCUT2D eigenvalue weighted by atomic mass is 10.1. The number of hydrogen-bond donors (Lipinski definition) is 2. The van der Waals surface area contributed by atoms with Crippen LogP contribution in [-0.4, -0.2) is 34.1 Å². The molecule has 0 aliphatic rings. The number of nitrogens with zero attached hydrogens (tertiary/aromatic N) is 2. The van der Waals surface area contributed by atoms with Crippen LogP contribution in [0.1, 0.15) is 12.0 Å². The monoisotopic (exact) mass is 340 g/mol. The van der Waals surface area contributed by atoms with Gasteiger partial charge in [-0.05, 0) is 18.2 Å². The highest BCUT2D eigenvalue weighted by Crippen LogP contribution is 2.25. The number of aromatic amines is 1. The molecule has 0 aromatic carbocycles. The first-order valence-corrected chi connectivity index (χ1v) is 7.77. The number of nitrogens with one attached hydrogen (secondary N) is 1. The minimum atomic E-state index is -0.508. The van der Waals surface area contributed by atoms with Gasteiger partial charge in [-0.1, -0.05) is 0 Å². The molecule has 3 N–H and O–H groups in total. The van der Waals surface area contributed by atoms with Crippen LogP contribution in [0.3, 0.4) is 0 Å². The second-order valence-corrected chi connectivity index (χ2v) is 5.38. The van der Waals surface area contributed by atoms with Crippen molar-refractivity contribution in [3.05, 3.63) is 48.4 Å². The van der Waals surface area contributed by atoms with E-state index in [4.69, 9.17) is 10.5 Å². The van der Waals surface area contributed by atoms with Crippen molar-refractivity contribution < 1.29 is 13.9 Å². The molecule has 0 aliphatic carbocycles. The summed E-state index contributed by atoms with van der Waals surface area (Å²) in [5, 5.41) is 0.873. The molecule has 1 amide bonds. The van der Waals surface area contributed by atoms with E-state index >= 15 is 0 Å². The summed E-state index contributed by atoms with van der Waals surface area (Å²) in [6.45, 7) is -0.109. The minimum Gasteiger partial charge on any atom is -0.478 e. The van der Waals surface area contributed by atoms with E-state index in [-0.39, 0.29) is 0 Å². The lowest BCUT2D eigenvalue weighted by Crippen LogP contribution is -2.04. The fourth-order valence-electron chi connectivity index (χ4n) is 2.36. The van der Waals surface area contributed by atoms with Gasteiger partial charge in [-0.25, -0.2) is 9.97 Å². The summed E-state index contributed by atoms with van der Waals surface area (Å²) in [5.74, 6) is -0.0519. The van der Waals surface area contributed by atoms with Crippen molar-refractivity contribution in [1.29, 1.82) is 0 Å². The molecular formula is C18H17FN4O2. The van der Waals surface area contributed by atoms with E-state index in [0.29, 0.717) is 24.6 Å². The molecule has 25 heavy (non-hydrogen) atoms. The molecule has 0 bridgehead atoms. The first-order chi connectivity index (χ1) is 12.2. The van der Waals surface area contributed by atoms with Crippen molar-refractivity contribution in [2.45, 2.75) is 6.42 Å². The van der Waals surface area contributed by atoms with E-state index in [0.717, 1.165) is 22.1 Å². The molecule has 3 rings (SSSR count). The quantitative estimate of drug-likeness (QED) is 0.511. The second-order valence-electron chi connectivity index (χ2n) is 5.38. The van der Waals surface area contributed by atoms with Crippen molar-refractivity contribution in [3.63, 3.8) is 0 Å². The van der Waals surface area contributed by atoms with Crippen molar-refractivity contribution in [2.75, 3.05) is 13.3 Å². The van der Waals surface area contributed by atoms with Crippen LogP contribution in [0.5, 0.6) is 5.88 Å². The van der Waals surface area contributed by atoms with Gasteiger partial charge in [-0.15, -0.1) is 0 Å². The highest BCUT2D eigenvalue weighted by molar-refractivity contribution is 5.95. The molecule has 0 saturated heterocycles. The molecule has 0 spiro atoms. The Balaban J connectivity index is 1.85. The standard InChI is InChI=1S/C18H17FN4O2/c19-6-1-7-25-17-5-3-12(9-21-17)14-8-15-13(2-4-16(20)24)10-22-18(15)23-11-14/h2-5,8-11H,1,6-7H2,(H2,20,24)(H,22,23)/b4-2+. The molecule has 6 nitrogen and oxygen atoms in total. The molecule has 7 heteroatoms. The van der Waals surface area contributed by atoms with E-state index < -0.39 is 12.6 Å². The Bertz CT molecular complexity index is 903. The lowest BCUT2D eigenvalue weighted by molar-refractivity contribution is -0.113. The van der Waals surface area contributed by atoms with Gasteiger partial charge >= 0.3 is 0 Å². The van der Waals surface area contributed by atoms with Gasteiger partial charge in [0.05, 0.1) is 13.3 Å². The van der Waals surface area contributed by atoms with Gasteiger partial charge in [-0.2, -0.15) is 0 Å². The molecule has 3 heterocycles. The maximum absolute atomic E-state index is 12.1. The number of rotatable bonds is 7. The predicted octanol–water partition coefficient (Wildman–Crippen LogP) is 2.86. The lowest BCUT2D eigenvalue weighted by Gasteiger charge is -2.05. The number of H-pyrrole nitrogens is 1. The number of aromatic nitrogens is 3. The Labute approximate surface area is 143 Å². The normalized spacial score (nSPS) is 11.2. The van der Waals surface area contributed by atoms with Crippen LogP contribution in [0, 0.1) is 0 Å². The number of amides is 1. The van der Waals surface area contributed by atoms with Gasteiger partial charge in [-0.3, -0.25) is 9.18 Å². The number of ether oxygens (including phenoxy) is 1. The number of fused-ring (bicyclic) bond motifs is 1. The minimum absolute atomic E-state index is 0.301. The third kappa shape index (κ3) is 4.00. The van der Waals surface area contributed by atoms with E-state index in [1.807, 2.05) is 12.1 Å². The van der Waals surface area contributed by atoms with E-state index in [9.17, 15) is 9.18 Å². The Hall–Kier alpha value is -3.22. The maximum atomic E-state index is 12.1. The van der Waals surface area contributed by atoms with Crippen LogP contribution in [0.4, 0.5) is 4.39 Å². The molecule has 0 aliphatic heterocycles. The Kier molecular flexibility index (Phi) is 5.03. The summed E-state index contributed by atoms with van der Waals surface area (Å²) >= 11 is 0. The number of carbonyl (C=O) groups excluding carboxylic acids is 1. The number of alkyl halides is 1. The third-order valence-corrected chi connectivity index (χ3v) is 3.59. The molecule has 0 atom stereocenters.